The molecular formula is C20H26N4O4. The number of carbonyl (C=O) groups is 1. The van der Waals surface area contributed by atoms with Crippen molar-refractivity contribution in [1.29, 1.82) is 0 Å². The van der Waals surface area contributed by atoms with Gasteiger partial charge in [-0.2, -0.15) is 0 Å². The van der Waals surface area contributed by atoms with Gasteiger partial charge in [0.15, 0.2) is 17.2 Å². The number of hydrogen-bond donors (Lipinski definition) is 1. The zero-order valence-electron chi connectivity index (χ0n) is 16.5. The molecule has 0 aliphatic carbocycles. The Morgan fingerprint density at radius 3 is 2.64 bits per heavy atom. The van der Waals surface area contributed by atoms with Crippen molar-refractivity contribution in [3.63, 3.8) is 0 Å². The number of aromatic nitrogens is 3. The first kappa shape index (κ1) is 18.7. The van der Waals surface area contributed by atoms with Gasteiger partial charge in [-0.1, -0.05) is 5.21 Å². The average molecular weight is 386 g/mol. The predicted octanol–water partition coefficient (Wildman–Crippen LogP) is 2.28. The molecule has 2 aromatic rings. The molecule has 1 amide bonds. The van der Waals surface area contributed by atoms with Crippen LogP contribution < -0.4 is 14.8 Å². The SMILES string of the molecule is Cc1c(C(=O)NCC2C[C@H](C)O[C@@H](C)C2)nnn1-c1ccc2c(c1)OCCO2. The lowest BCUT2D eigenvalue weighted by Gasteiger charge is -2.32. The molecule has 4 rings (SSSR count). The van der Waals surface area contributed by atoms with Crippen LogP contribution in [0.4, 0.5) is 0 Å². The Balaban J connectivity index is 1.45. The summed E-state index contributed by atoms with van der Waals surface area (Å²) in [5, 5.41) is 11.3. The second-order valence-electron chi connectivity index (χ2n) is 7.57. The maximum absolute atomic E-state index is 12.6. The number of rotatable bonds is 4. The van der Waals surface area contributed by atoms with Crippen LogP contribution in [0.2, 0.25) is 0 Å². The summed E-state index contributed by atoms with van der Waals surface area (Å²) in [5.74, 6) is 1.60. The van der Waals surface area contributed by atoms with E-state index in [9.17, 15) is 4.79 Å². The minimum Gasteiger partial charge on any atom is -0.486 e. The Hall–Kier alpha value is -2.61. The molecule has 28 heavy (non-hydrogen) atoms. The monoisotopic (exact) mass is 386 g/mol. The van der Waals surface area contributed by atoms with Crippen LogP contribution in [0.25, 0.3) is 5.69 Å². The van der Waals surface area contributed by atoms with Gasteiger partial charge in [-0.3, -0.25) is 4.79 Å². The fraction of sp³-hybridized carbons (Fsp3) is 0.550. The predicted molar refractivity (Wildman–Crippen MR) is 102 cm³/mol. The van der Waals surface area contributed by atoms with Crippen molar-refractivity contribution in [2.24, 2.45) is 5.92 Å². The summed E-state index contributed by atoms with van der Waals surface area (Å²) in [6.07, 6.45) is 2.35. The van der Waals surface area contributed by atoms with Crippen LogP contribution in [0.3, 0.4) is 0 Å². The van der Waals surface area contributed by atoms with Gasteiger partial charge >= 0.3 is 0 Å². The Morgan fingerprint density at radius 2 is 1.89 bits per heavy atom. The molecule has 0 unspecified atom stereocenters. The minimum atomic E-state index is -0.201. The third-order valence-electron chi connectivity index (χ3n) is 5.23. The lowest BCUT2D eigenvalue weighted by molar-refractivity contribution is -0.0513. The zero-order valence-corrected chi connectivity index (χ0v) is 16.5. The van der Waals surface area contributed by atoms with Gasteiger partial charge in [0.2, 0.25) is 0 Å². The molecule has 0 spiro atoms. The number of hydrogen-bond acceptors (Lipinski definition) is 6. The summed E-state index contributed by atoms with van der Waals surface area (Å²) in [7, 11) is 0. The van der Waals surface area contributed by atoms with E-state index in [1.807, 2.05) is 25.1 Å². The van der Waals surface area contributed by atoms with Gasteiger partial charge in [-0.25, -0.2) is 4.68 Å². The Labute approximate surface area is 164 Å². The zero-order chi connectivity index (χ0) is 19.7. The lowest BCUT2D eigenvalue weighted by atomic mass is 9.92. The molecule has 0 bridgehead atoms. The molecule has 2 aliphatic heterocycles. The van der Waals surface area contributed by atoms with Gasteiger partial charge in [0.05, 0.1) is 23.6 Å². The van der Waals surface area contributed by atoms with Crippen LogP contribution in [-0.4, -0.2) is 52.9 Å². The number of nitrogens with one attached hydrogen (secondary N) is 1. The fourth-order valence-corrected chi connectivity index (χ4v) is 3.98. The molecular weight excluding hydrogens is 360 g/mol. The molecule has 0 radical (unpaired) electrons. The van der Waals surface area contributed by atoms with Crippen LogP contribution in [-0.2, 0) is 4.74 Å². The normalized spacial score (nSPS) is 24.0. The highest BCUT2D eigenvalue weighted by molar-refractivity contribution is 5.93. The number of amides is 1. The molecule has 150 valence electrons. The van der Waals surface area contributed by atoms with Gasteiger partial charge in [-0.05, 0) is 51.7 Å². The van der Waals surface area contributed by atoms with E-state index < -0.39 is 0 Å². The summed E-state index contributed by atoms with van der Waals surface area (Å²) >= 11 is 0. The van der Waals surface area contributed by atoms with E-state index in [1.165, 1.54) is 0 Å². The van der Waals surface area contributed by atoms with Crippen molar-refractivity contribution < 1.29 is 19.0 Å². The highest BCUT2D eigenvalue weighted by atomic mass is 16.6. The van der Waals surface area contributed by atoms with Crippen molar-refractivity contribution in [2.75, 3.05) is 19.8 Å². The first-order valence-corrected chi connectivity index (χ1v) is 9.77. The van der Waals surface area contributed by atoms with Crippen LogP contribution in [0.5, 0.6) is 11.5 Å². The molecule has 0 saturated carbocycles. The number of ether oxygens (including phenoxy) is 3. The maximum Gasteiger partial charge on any atom is 0.273 e. The van der Waals surface area contributed by atoms with Crippen molar-refractivity contribution in [2.45, 2.75) is 45.8 Å². The molecule has 3 heterocycles. The van der Waals surface area contributed by atoms with E-state index in [-0.39, 0.29) is 18.1 Å². The van der Waals surface area contributed by atoms with Crippen LogP contribution in [0.1, 0.15) is 42.9 Å². The molecule has 1 aromatic carbocycles. The molecule has 2 aliphatic rings. The average Bonchev–Trinajstić information content (AvgIpc) is 3.06. The molecule has 2 atom stereocenters. The standard InChI is InChI=1S/C20H26N4O4/c1-12-8-15(9-13(2)28-12)11-21-20(25)19-14(3)24(23-22-19)16-4-5-17-18(10-16)27-7-6-26-17/h4-5,10,12-13,15H,6-9,11H2,1-3H3,(H,21,25)/t12-,13-/m0/s1. The minimum absolute atomic E-state index is 0.201. The second-order valence-corrected chi connectivity index (χ2v) is 7.57. The highest BCUT2D eigenvalue weighted by Gasteiger charge is 2.26. The molecule has 8 nitrogen and oxygen atoms in total. The first-order chi connectivity index (χ1) is 13.5. The van der Waals surface area contributed by atoms with E-state index in [0.29, 0.717) is 48.6 Å². The molecule has 1 fully saturated rings. The molecule has 1 aromatic heterocycles. The first-order valence-electron chi connectivity index (χ1n) is 9.77. The quantitative estimate of drug-likeness (QED) is 0.867. The summed E-state index contributed by atoms with van der Waals surface area (Å²) in [5.41, 5.74) is 1.80. The van der Waals surface area contributed by atoms with Gasteiger partial charge in [0, 0.05) is 12.6 Å². The van der Waals surface area contributed by atoms with E-state index >= 15 is 0 Å². The number of fused-ring (bicyclic) bond motifs is 1. The highest BCUT2D eigenvalue weighted by Crippen LogP contribution is 2.32. The molecule has 1 saturated heterocycles. The van der Waals surface area contributed by atoms with Crippen molar-refractivity contribution in [1.82, 2.24) is 20.3 Å². The van der Waals surface area contributed by atoms with Crippen molar-refractivity contribution >= 4 is 5.91 Å². The van der Waals surface area contributed by atoms with Crippen molar-refractivity contribution in [3.8, 4) is 17.2 Å². The lowest BCUT2D eigenvalue weighted by Crippen LogP contribution is -2.37. The Kier molecular flexibility index (Phi) is 5.21. The third-order valence-corrected chi connectivity index (χ3v) is 5.23. The second kappa shape index (κ2) is 7.79. The largest absolute Gasteiger partial charge is 0.486 e. The maximum atomic E-state index is 12.6. The van der Waals surface area contributed by atoms with Crippen LogP contribution in [0, 0.1) is 12.8 Å². The summed E-state index contributed by atoms with van der Waals surface area (Å²) in [6.45, 7) is 7.67. The smallest absolute Gasteiger partial charge is 0.273 e. The van der Waals surface area contributed by atoms with Gasteiger partial charge in [0.25, 0.3) is 5.91 Å². The van der Waals surface area contributed by atoms with Gasteiger partial charge in [-0.15, -0.1) is 5.10 Å². The van der Waals surface area contributed by atoms with Gasteiger partial charge < -0.3 is 19.5 Å². The van der Waals surface area contributed by atoms with E-state index in [0.717, 1.165) is 18.5 Å². The summed E-state index contributed by atoms with van der Waals surface area (Å²) in [4.78, 5) is 12.6. The number of carbonyl (C=O) groups excluding carboxylic acids is 1. The fourth-order valence-electron chi connectivity index (χ4n) is 3.98. The molecule has 1 N–H and O–H groups in total. The number of nitrogens with zero attached hydrogens (tertiary/aromatic N) is 3. The number of benzene rings is 1. The summed E-state index contributed by atoms with van der Waals surface area (Å²) in [6, 6.07) is 5.57. The third kappa shape index (κ3) is 3.82. The molecule has 8 heteroatoms. The van der Waals surface area contributed by atoms with Crippen LogP contribution in [0.15, 0.2) is 18.2 Å². The van der Waals surface area contributed by atoms with E-state index in [1.54, 1.807) is 4.68 Å². The van der Waals surface area contributed by atoms with Crippen LogP contribution >= 0.6 is 0 Å². The van der Waals surface area contributed by atoms with E-state index in [2.05, 4.69) is 29.5 Å². The Bertz CT molecular complexity index is 856. The van der Waals surface area contributed by atoms with Crippen molar-refractivity contribution in [3.05, 3.63) is 29.6 Å². The van der Waals surface area contributed by atoms with Gasteiger partial charge in [0.1, 0.15) is 13.2 Å². The van der Waals surface area contributed by atoms with E-state index in [4.69, 9.17) is 14.2 Å². The summed E-state index contributed by atoms with van der Waals surface area (Å²) < 4.78 is 18.6. The Morgan fingerprint density at radius 1 is 1.18 bits per heavy atom. The topological polar surface area (TPSA) is 87.5 Å².